The van der Waals surface area contributed by atoms with Gasteiger partial charge in [0.15, 0.2) is 0 Å². The zero-order valence-electron chi connectivity index (χ0n) is 14.7. The second-order valence-electron chi connectivity index (χ2n) is 4.58. The average Bonchev–Trinajstić information content (AvgIpc) is 2.44. The first kappa shape index (κ1) is 23.9. The second kappa shape index (κ2) is 15.9. The fraction of sp³-hybridized carbons (Fsp3) is 1.00. The van der Waals surface area contributed by atoms with E-state index in [1.807, 2.05) is 41.5 Å². The van der Waals surface area contributed by atoms with Crippen molar-refractivity contribution in [1.82, 2.24) is 5.32 Å². The molecule has 1 heterocycles. The predicted octanol–water partition coefficient (Wildman–Crippen LogP) is 2.81. The van der Waals surface area contributed by atoms with E-state index in [0.29, 0.717) is 18.8 Å². The molecule has 0 bridgehead atoms. The fourth-order valence-corrected chi connectivity index (χ4v) is 1.07. The SMILES string of the molecule is CC.CC.CC1CNCC(C)O1.COC(C)(C)CN. The van der Waals surface area contributed by atoms with Crippen LogP contribution >= 0.6 is 0 Å². The van der Waals surface area contributed by atoms with E-state index < -0.39 is 0 Å². The summed E-state index contributed by atoms with van der Waals surface area (Å²) in [7, 11) is 1.66. The Morgan fingerprint density at radius 2 is 1.47 bits per heavy atom. The lowest BCUT2D eigenvalue weighted by atomic mass is 10.1. The van der Waals surface area contributed by atoms with E-state index in [9.17, 15) is 0 Å². The first-order valence-electron chi connectivity index (χ1n) is 7.52. The summed E-state index contributed by atoms with van der Waals surface area (Å²) in [5.74, 6) is 0. The second-order valence-corrected chi connectivity index (χ2v) is 4.58. The summed E-state index contributed by atoms with van der Waals surface area (Å²) in [6, 6.07) is 0. The molecular formula is C15H38N2O2. The van der Waals surface area contributed by atoms with Gasteiger partial charge in [-0.3, -0.25) is 0 Å². The van der Waals surface area contributed by atoms with Crippen LogP contribution in [0.5, 0.6) is 0 Å². The Morgan fingerprint density at radius 3 is 1.58 bits per heavy atom. The summed E-state index contributed by atoms with van der Waals surface area (Å²) >= 11 is 0. The fourth-order valence-electron chi connectivity index (χ4n) is 1.07. The summed E-state index contributed by atoms with van der Waals surface area (Å²) in [4.78, 5) is 0. The van der Waals surface area contributed by atoms with Gasteiger partial charge < -0.3 is 20.5 Å². The van der Waals surface area contributed by atoms with Gasteiger partial charge in [-0.25, -0.2) is 0 Å². The minimum atomic E-state index is -0.139. The quantitative estimate of drug-likeness (QED) is 0.815. The molecule has 0 spiro atoms. The van der Waals surface area contributed by atoms with Gasteiger partial charge in [-0.1, -0.05) is 27.7 Å². The lowest BCUT2D eigenvalue weighted by molar-refractivity contribution is -0.0166. The van der Waals surface area contributed by atoms with Crippen LogP contribution in [0.3, 0.4) is 0 Å². The maximum atomic E-state index is 5.42. The van der Waals surface area contributed by atoms with E-state index in [2.05, 4.69) is 19.2 Å². The first-order valence-corrected chi connectivity index (χ1v) is 7.52. The molecule has 2 unspecified atom stereocenters. The van der Waals surface area contributed by atoms with E-state index in [1.165, 1.54) is 0 Å². The van der Waals surface area contributed by atoms with E-state index in [-0.39, 0.29) is 5.60 Å². The van der Waals surface area contributed by atoms with Gasteiger partial charge in [0.05, 0.1) is 17.8 Å². The molecule has 1 aliphatic heterocycles. The van der Waals surface area contributed by atoms with Crippen LogP contribution in [-0.2, 0) is 9.47 Å². The van der Waals surface area contributed by atoms with Crippen molar-refractivity contribution in [2.45, 2.75) is 73.2 Å². The largest absolute Gasteiger partial charge is 0.378 e. The normalized spacial score (nSPS) is 21.8. The van der Waals surface area contributed by atoms with Crippen molar-refractivity contribution in [3.63, 3.8) is 0 Å². The first-order chi connectivity index (χ1) is 8.91. The van der Waals surface area contributed by atoms with Crippen molar-refractivity contribution in [2.75, 3.05) is 26.7 Å². The average molecular weight is 278 g/mol. The van der Waals surface area contributed by atoms with Crippen molar-refractivity contribution >= 4 is 0 Å². The highest BCUT2D eigenvalue weighted by atomic mass is 16.5. The van der Waals surface area contributed by atoms with Gasteiger partial charge in [0, 0.05) is 26.7 Å². The van der Waals surface area contributed by atoms with Gasteiger partial charge >= 0.3 is 0 Å². The number of nitrogens with one attached hydrogen (secondary N) is 1. The van der Waals surface area contributed by atoms with Crippen LogP contribution in [0.4, 0.5) is 0 Å². The molecule has 0 aromatic rings. The smallest absolute Gasteiger partial charge is 0.0744 e. The molecule has 4 heteroatoms. The van der Waals surface area contributed by atoms with Crippen LogP contribution in [0.25, 0.3) is 0 Å². The summed E-state index contributed by atoms with van der Waals surface area (Å²) in [6.07, 6.45) is 0.803. The Labute approximate surface area is 121 Å². The monoisotopic (exact) mass is 278 g/mol. The standard InChI is InChI=1S/C6H13NO.C5H13NO.2C2H6/c1-5-3-7-4-6(2)8-5;1-5(2,4-6)7-3;2*1-2/h5-7H,3-4H2,1-2H3;4,6H2,1-3H3;2*1-2H3. The Kier molecular flexibility index (Phi) is 20.0. The van der Waals surface area contributed by atoms with Crippen molar-refractivity contribution in [2.24, 2.45) is 5.73 Å². The Hall–Kier alpha value is -0.160. The Bertz CT molecular complexity index is 150. The maximum absolute atomic E-state index is 5.42. The highest BCUT2D eigenvalue weighted by Gasteiger charge is 2.13. The molecule has 3 N–H and O–H groups in total. The zero-order chi connectivity index (χ0) is 15.9. The maximum Gasteiger partial charge on any atom is 0.0744 e. The summed E-state index contributed by atoms with van der Waals surface area (Å²) in [5.41, 5.74) is 5.15. The lowest BCUT2D eigenvalue weighted by Crippen LogP contribution is -2.41. The molecule has 0 radical (unpaired) electrons. The molecule has 1 fully saturated rings. The van der Waals surface area contributed by atoms with Crippen molar-refractivity contribution in [3.8, 4) is 0 Å². The summed E-state index contributed by atoms with van der Waals surface area (Å²) in [6.45, 7) is 18.7. The molecule has 19 heavy (non-hydrogen) atoms. The number of ether oxygens (including phenoxy) is 2. The summed E-state index contributed by atoms with van der Waals surface area (Å²) < 4.78 is 10.4. The Balaban J connectivity index is -0.000000215. The molecule has 0 aromatic carbocycles. The van der Waals surface area contributed by atoms with Gasteiger partial charge in [-0.2, -0.15) is 0 Å². The van der Waals surface area contributed by atoms with Crippen LogP contribution in [-0.4, -0.2) is 44.6 Å². The molecule has 1 aliphatic rings. The van der Waals surface area contributed by atoms with Gasteiger partial charge in [-0.15, -0.1) is 0 Å². The molecule has 120 valence electrons. The van der Waals surface area contributed by atoms with Crippen LogP contribution in [0, 0.1) is 0 Å². The van der Waals surface area contributed by atoms with E-state index >= 15 is 0 Å². The lowest BCUT2D eigenvalue weighted by Gasteiger charge is -2.25. The van der Waals surface area contributed by atoms with Gasteiger partial charge in [0.1, 0.15) is 0 Å². The molecular weight excluding hydrogens is 240 g/mol. The topological polar surface area (TPSA) is 56.5 Å². The Morgan fingerprint density at radius 1 is 1.11 bits per heavy atom. The van der Waals surface area contributed by atoms with Crippen LogP contribution < -0.4 is 11.1 Å². The molecule has 1 saturated heterocycles. The van der Waals surface area contributed by atoms with E-state index in [0.717, 1.165) is 13.1 Å². The third kappa shape index (κ3) is 17.8. The molecule has 0 amide bonds. The van der Waals surface area contributed by atoms with Crippen LogP contribution in [0.2, 0.25) is 0 Å². The third-order valence-corrected chi connectivity index (χ3v) is 2.37. The van der Waals surface area contributed by atoms with Gasteiger partial charge in [0.25, 0.3) is 0 Å². The van der Waals surface area contributed by atoms with Crippen molar-refractivity contribution in [1.29, 1.82) is 0 Å². The van der Waals surface area contributed by atoms with Crippen LogP contribution in [0.15, 0.2) is 0 Å². The van der Waals surface area contributed by atoms with Crippen molar-refractivity contribution in [3.05, 3.63) is 0 Å². The molecule has 4 nitrogen and oxygen atoms in total. The third-order valence-electron chi connectivity index (χ3n) is 2.37. The minimum absolute atomic E-state index is 0.139. The molecule has 0 aromatic heterocycles. The zero-order valence-corrected chi connectivity index (χ0v) is 14.7. The van der Waals surface area contributed by atoms with Gasteiger partial charge in [-0.05, 0) is 27.7 Å². The molecule has 1 rings (SSSR count). The highest BCUT2D eigenvalue weighted by molar-refractivity contribution is 4.67. The molecule has 2 atom stereocenters. The highest BCUT2D eigenvalue weighted by Crippen LogP contribution is 2.02. The van der Waals surface area contributed by atoms with Crippen molar-refractivity contribution < 1.29 is 9.47 Å². The predicted molar refractivity (Wildman–Crippen MR) is 85.7 cm³/mol. The van der Waals surface area contributed by atoms with E-state index in [4.69, 9.17) is 15.2 Å². The summed E-state index contributed by atoms with van der Waals surface area (Å²) in [5, 5.41) is 3.26. The number of hydrogen-bond donors (Lipinski definition) is 2. The number of hydrogen-bond acceptors (Lipinski definition) is 4. The number of methoxy groups -OCH3 is 1. The number of rotatable bonds is 2. The minimum Gasteiger partial charge on any atom is -0.378 e. The number of nitrogens with two attached hydrogens (primary N) is 1. The number of morpholine rings is 1. The van der Waals surface area contributed by atoms with Crippen LogP contribution in [0.1, 0.15) is 55.4 Å². The van der Waals surface area contributed by atoms with Gasteiger partial charge in [0.2, 0.25) is 0 Å². The molecule has 0 saturated carbocycles. The molecule has 0 aliphatic carbocycles. The van der Waals surface area contributed by atoms with E-state index in [1.54, 1.807) is 7.11 Å².